The molecule has 66 valence electrons. The van der Waals surface area contributed by atoms with E-state index in [4.69, 9.17) is 10.5 Å². The van der Waals surface area contributed by atoms with E-state index < -0.39 is 0 Å². The third-order valence-electron chi connectivity index (χ3n) is 1.67. The Balaban J connectivity index is 2.94. The summed E-state index contributed by atoms with van der Waals surface area (Å²) in [7, 11) is 1.55. The molecule has 0 bridgehead atoms. The highest BCUT2D eigenvalue weighted by Crippen LogP contribution is 2.21. The Kier molecular flexibility index (Phi) is 2.91. The number of nitrogens with two attached hydrogens (primary N) is 1. The van der Waals surface area contributed by atoms with Crippen LogP contribution in [0.1, 0.15) is 5.56 Å². The number of benzene rings is 1. The van der Waals surface area contributed by atoms with Crippen molar-refractivity contribution in [1.29, 1.82) is 0 Å². The summed E-state index contributed by atoms with van der Waals surface area (Å²) in [5.74, 6) is 0.660. The lowest BCUT2D eigenvalue weighted by Gasteiger charge is -2.06. The van der Waals surface area contributed by atoms with Gasteiger partial charge >= 0.3 is 0 Å². The van der Waals surface area contributed by atoms with Gasteiger partial charge in [0, 0.05) is 18.2 Å². The second-order valence-electron chi connectivity index (χ2n) is 2.51. The second-order valence-corrected chi connectivity index (χ2v) is 2.51. The Morgan fingerprint density at radius 1 is 1.50 bits per heavy atom. The summed E-state index contributed by atoms with van der Waals surface area (Å²) in [6.45, 7) is -0.375. The normalized spacial score (nSPS) is 9.83. The number of alkyl halides is 1. The van der Waals surface area contributed by atoms with Crippen molar-refractivity contribution in [1.82, 2.24) is 0 Å². The molecule has 0 amide bonds. The van der Waals surface area contributed by atoms with Crippen molar-refractivity contribution in [2.75, 3.05) is 19.5 Å². The zero-order chi connectivity index (χ0) is 8.97. The third-order valence-corrected chi connectivity index (χ3v) is 1.67. The smallest absolute Gasteiger partial charge is 0.124 e. The van der Waals surface area contributed by atoms with E-state index in [9.17, 15) is 4.39 Å². The van der Waals surface area contributed by atoms with Crippen LogP contribution in [0.2, 0.25) is 0 Å². The number of aryl methyl sites for hydroxylation is 1. The fraction of sp³-hybridized carbons (Fsp3) is 0.333. The van der Waals surface area contributed by atoms with Gasteiger partial charge in [-0.05, 0) is 11.6 Å². The molecule has 0 saturated heterocycles. The summed E-state index contributed by atoms with van der Waals surface area (Å²) in [6, 6.07) is 5.23. The predicted molar refractivity (Wildman–Crippen MR) is 47.1 cm³/mol. The van der Waals surface area contributed by atoms with Crippen LogP contribution in [0.5, 0.6) is 5.75 Å². The summed E-state index contributed by atoms with van der Waals surface area (Å²) in [5, 5.41) is 0. The van der Waals surface area contributed by atoms with Crippen LogP contribution in [-0.2, 0) is 6.42 Å². The van der Waals surface area contributed by atoms with Crippen LogP contribution in [0, 0.1) is 0 Å². The van der Waals surface area contributed by atoms with E-state index in [2.05, 4.69) is 0 Å². The van der Waals surface area contributed by atoms with Gasteiger partial charge in [0.25, 0.3) is 0 Å². The average molecular weight is 169 g/mol. The number of anilines is 1. The lowest BCUT2D eigenvalue weighted by Crippen LogP contribution is -1.95. The van der Waals surface area contributed by atoms with Gasteiger partial charge in [-0.25, -0.2) is 0 Å². The molecule has 0 aliphatic carbocycles. The van der Waals surface area contributed by atoms with Crippen LogP contribution in [-0.4, -0.2) is 13.8 Å². The molecule has 0 atom stereocenters. The molecule has 2 N–H and O–H groups in total. The van der Waals surface area contributed by atoms with Crippen LogP contribution in [0.4, 0.5) is 10.1 Å². The van der Waals surface area contributed by atoms with Gasteiger partial charge in [0.15, 0.2) is 0 Å². The molecule has 0 aliphatic rings. The van der Waals surface area contributed by atoms with Crippen molar-refractivity contribution in [3.63, 3.8) is 0 Å². The highest BCUT2D eigenvalue weighted by atomic mass is 19.1. The zero-order valence-corrected chi connectivity index (χ0v) is 7.01. The zero-order valence-electron chi connectivity index (χ0n) is 7.01. The Bertz CT molecular complexity index is 263. The number of halogens is 1. The van der Waals surface area contributed by atoms with E-state index in [1.165, 1.54) is 0 Å². The number of methoxy groups -OCH3 is 1. The fourth-order valence-corrected chi connectivity index (χ4v) is 1.07. The molecule has 2 nitrogen and oxygen atoms in total. The van der Waals surface area contributed by atoms with Crippen molar-refractivity contribution in [3.05, 3.63) is 23.8 Å². The van der Waals surface area contributed by atoms with Crippen LogP contribution in [0.25, 0.3) is 0 Å². The molecule has 0 spiro atoms. The molecule has 0 unspecified atom stereocenters. The Morgan fingerprint density at radius 2 is 2.25 bits per heavy atom. The van der Waals surface area contributed by atoms with Gasteiger partial charge in [0.1, 0.15) is 5.75 Å². The highest BCUT2D eigenvalue weighted by molar-refractivity contribution is 5.48. The van der Waals surface area contributed by atoms with Crippen LogP contribution in [0.15, 0.2) is 18.2 Å². The largest absolute Gasteiger partial charge is 0.496 e. The lowest BCUT2D eigenvalue weighted by atomic mass is 10.1. The summed E-state index contributed by atoms with van der Waals surface area (Å²) in [5.41, 5.74) is 7.01. The van der Waals surface area contributed by atoms with Gasteiger partial charge in [-0.2, -0.15) is 0 Å². The molecule has 0 fully saturated rings. The number of hydrogen-bond acceptors (Lipinski definition) is 2. The first-order chi connectivity index (χ1) is 5.77. The maximum atomic E-state index is 12.0. The standard InChI is InChI=1S/C9H12FNO/c1-12-9-6-8(11)3-2-7(9)4-5-10/h2-3,6H,4-5,11H2,1H3. The molecule has 1 aromatic rings. The van der Waals surface area contributed by atoms with Gasteiger partial charge < -0.3 is 10.5 Å². The Labute approximate surface area is 71.1 Å². The van der Waals surface area contributed by atoms with Crippen LogP contribution < -0.4 is 10.5 Å². The summed E-state index contributed by atoms with van der Waals surface area (Å²) < 4.78 is 17.0. The number of ether oxygens (including phenoxy) is 1. The Hall–Kier alpha value is -1.25. The molecule has 0 heterocycles. The first kappa shape index (κ1) is 8.84. The minimum atomic E-state index is -0.375. The molecule has 0 radical (unpaired) electrons. The molecule has 12 heavy (non-hydrogen) atoms. The molecule has 0 aliphatic heterocycles. The predicted octanol–water partition coefficient (Wildman–Crippen LogP) is 1.79. The SMILES string of the molecule is COc1cc(N)ccc1CCF. The van der Waals surface area contributed by atoms with E-state index in [0.29, 0.717) is 17.9 Å². The molecule has 0 saturated carbocycles. The Morgan fingerprint density at radius 3 is 2.83 bits per heavy atom. The summed E-state index contributed by atoms with van der Waals surface area (Å²) >= 11 is 0. The topological polar surface area (TPSA) is 35.2 Å². The molecule has 3 heteroatoms. The van der Waals surface area contributed by atoms with Gasteiger partial charge in [0.05, 0.1) is 13.8 Å². The number of nitrogen functional groups attached to an aromatic ring is 1. The van der Waals surface area contributed by atoms with E-state index >= 15 is 0 Å². The fourth-order valence-electron chi connectivity index (χ4n) is 1.07. The van der Waals surface area contributed by atoms with E-state index in [-0.39, 0.29) is 6.67 Å². The van der Waals surface area contributed by atoms with Crippen molar-refractivity contribution >= 4 is 5.69 Å². The van der Waals surface area contributed by atoms with Gasteiger partial charge in [0.2, 0.25) is 0 Å². The van der Waals surface area contributed by atoms with E-state index in [1.54, 1.807) is 25.3 Å². The van der Waals surface area contributed by atoms with Crippen LogP contribution in [0.3, 0.4) is 0 Å². The minimum absolute atomic E-state index is 0.375. The highest BCUT2D eigenvalue weighted by Gasteiger charge is 2.01. The molecule has 1 aromatic carbocycles. The number of hydrogen-bond donors (Lipinski definition) is 1. The molecular formula is C9H12FNO. The first-order valence-corrected chi connectivity index (χ1v) is 3.76. The van der Waals surface area contributed by atoms with Crippen molar-refractivity contribution in [3.8, 4) is 5.75 Å². The van der Waals surface area contributed by atoms with Gasteiger partial charge in [-0.3, -0.25) is 4.39 Å². The lowest BCUT2D eigenvalue weighted by molar-refractivity contribution is 0.405. The van der Waals surface area contributed by atoms with Crippen molar-refractivity contribution < 1.29 is 9.13 Å². The minimum Gasteiger partial charge on any atom is -0.496 e. The summed E-state index contributed by atoms with van der Waals surface area (Å²) in [6.07, 6.45) is 0.378. The van der Waals surface area contributed by atoms with E-state index in [1.807, 2.05) is 0 Å². The quantitative estimate of drug-likeness (QED) is 0.700. The summed E-state index contributed by atoms with van der Waals surface area (Å²) in [4.78, 5) is 0. The maximum Gasteiger partial charge on any atom is 0.124 e. The average Bonchev–Trinajstić information content (AvgIpc) is 2.08. The molecular weight excluding hydrogens is 157 g/mol. The van der Waals surface area contributed by atoms with Crippen LogP contribution >= 0.6 is 0 Å². The molecule has 0 aromatic heterocycles. The van der Waals surface area contributed by atoms with E-state index in [0.717, 1.165) is 5.56 Å². The van der Waals surface area contributed by atoms with Crippen molar-refractivity contribution in [2.45, 2.75) is 6.42 Å². The van der Waals surface area contributed by atoms with Crippen molar-refractivity contribution in [2.24, 2.45) is 0 Å². The monoisotopic (exact) mass is 169 g/mol. The second kappa shape index (κ2) is 3.95. The first-order valence-electron chi connectivity index (χ1n) is 3.76. The number of rotatable bonds is 3. The van der Waals surface area contributed by atoms with Gasteiger partial charge in [-0.1, -0.05) is 6.07 Å². The van der Waals surface area contributed by atoms with Gasteiger partial charge in [-0.15, -0.1) is 0 Å². The maximum absolute atomic E-state index is 12.0. The molecule has 1 rings (SSSR count). The third kappa shape index (κ3) is 1.87.